The number of hydrogen-bond donors (Lipinski definition) is 1. The van der Waals surface area contributed by atoms with Crippen molar-refractivity contribution in [3.63, 3.8) is 0 Å². The third kappa shape index (κ3) is 4.01. The average Bonchev–Trinajstić information content (AvgIpc) is 3.06. The second-order valence-corrected chi connectivity index (χ2v) is 5.27. The number of ether oxygens (including phenoxy) is 2. The fourth-order valence-electron chi connectivity index (χ4n) is 2.50. The molecule has 5 nitrogen and oxygen atoms in total. The van der Waals surface area contributed by atoms with Crippen LogP contribution < -0.4 is 14.8 Å². The van der Waals surface area contributed by atoms with Crippen molar-refractivity contribution in [2.45, 2.75) is 19.4 Å². The van der Waals surface area contributed by atoms with Gasteiger partial charge in [0.15, 0.2) is 11.5 Å². The zero-order valence-corrected chi connectivity index (χ0v) is 13.5. The third-order valence-corrected chi connectivity index (χ3v) is 3.84. The molecule has 5 heteroatoms. The van der Waals surface area contributed by atoms with E-state index in [0.717, 1.165) is 25.1 Å². The molecule has 1 N–H and O–H groups in total. The van der Waals surface area contributed by atoms with Gasteiger partial charge in [0.25, 0.3) is 0 Å². The summed E-state index contributed by atoms with van der Waals surface area (Å²) in [4.78, 5) is 14.0. The molecule has 0 saturated carbocycles. The fourth-order valence-corrected chi connectivity index (χ4v) is 2.50. The summed E-state index contributed by atoms with van der Waals surface area (Å²) in [6.45, 7) is 4.34. The minimum absolute atomic E-state index is 0.0162. The average molecular weight is 304 g/mol. The first-order valence-electron chi connectivity index (χ1n) is 7.62. The second-order valence-electron chi connectivity index (χ2n) is 5.27. The summed E-state index contributed by atoms with van der Waals surface area (Å²) in [5, 5.41) is 3.27. The van der Waals surface area contributed by atoms with E-state index in [9.17, 15) is 4.79 Å². The van der Waals surface area contributed by atoms with Crippen molar-refractivity contribution in [2.24, 2.45) is 0 Å². The summed E-state index contributed by atoms with van der Waals surface area (Å²) < 4.78 is 10.8. The van der Waals surface area contributed by atoms with Crippen molar-refractivity contribution in [1.82, 2.24) is 10.2 Å². The van der Waals surface area contributed by atoms with E-state index in [2.05, 4.69) is 5.32 Å². The molecule has 1 aromatic rings. The summed E-state index contributed by atoms with van der Waals surface area (Å²) in [6, 6.07) is 5.91. The van der Waals surface area contributed by atoms with Gasteiger partial charge >= 0.3 is 0 Å². The number of benzene rings is 1. The molecule has 1 heterocycles. The maximum Gasteiger partial charge on any atom is 0.246 e. The van der Waals surface area contributed by atoms with Crippen LogP contribution in [0.3, 0.4) is 0 Å². The lowest BCUT2D eigenvalue weighted by Gasteiger charge is -2.22. The van der Waals surface area contributed by atoms with Gasteiger partial charge in [0.05, 0.1) is 13.7 Å². The number of carbonyl (C=O) groups excluding carboxylic acids is 1. The van der Waals surface area contributed by atoms with Crippen LogP contribution in [-0.4, -0.2) is 50.7 Å². The molecule has 0 aliphatic carbocycles. The molecule has 0 aromatic heterocycles. The van der Waals surface area contributed by atoms with Gasteiger partial charge in [-0.05, 0) is 43.7 Å². The van der Waals surface area contributed by atoms with E-state index >= 15 is 0 Å². The molecule has 1 aromatic carbocycles. The number of amides is 1. The van der Waals surface area contributed by atoms with Crippen molar-refractivity contribution < 1.29 is 14.3 Å². The highest BCUT2D eigenvalue weighted by Crippen LogP contribution is 2.28. The largest absolute Gasteiger partial charge is 0.493 e. The fraction of sp³-hybridized carbons (Fsp3) is 0.471. The van der Waals surface area contributed by atoms with Crippen molar-refractivity contribution in [3.05, 3.63) is 29.8 Å². The molecule has 2 rings (SSSR count). The molecule has 1 unspecified atom stereocenters. The number of nitrogens with one attached hydrogen (secondary N) is 1. The molecule has 1 aliphatic heterocycles. The normalized spacial score (nSPS) is 17.7. The summed E-state index contributed by atoms with van der Waals surface area (Å²) in [5.74, 6) is 1.40. The van der Waals surface area contributed by atoms with E-state index < -0.39 is 0 Å². The molecule has 1 amide bonds. The van der Waals surface area contributed by atoms with Gasteiger partial charge in [-0.1, -0.05) is 6.07 Å². The van der Waals surface area contributed by atoms with Crippen molar-refractivity contribution in [2.75, 3.05) is 33.9 Å². The number of hydrogen-bond acceptors (Lipinski definition) is 4. The zero-order valence-electron chi connectivity index (χ0n) is 13.5. The van der Waals surface area contributed by atoms with Gasteiger partial charge in [0.1, 0.15) is 0 Å². The van der Waals surface area contributed by atoms with E-state index in [0.29, 0.717) is 18.1 Å². The molecule has 120 valence electrons. The standard InChI is InChI=1S/C17H24N2O3/c1-4-22-16-11-13(5-7-15(16)21-3)6-8-17(20)19(2)14-9-10-18-12-14/h5-8,11,14,18H,4,9-10,12H2,1-3H3. The maximum absolute atomic E-state index is 12.2. The Morgan fingerprint density at radius 1 is 1.45 bits per heavy atom. The van der Waals surface area contributed by atoms with E-state index in [-0.39, 0.29) is 11.9 Å². The number of methoxy groups -OCH3 is 1. The molecular formula is C17H24N2O3. The number of carbonyl (C=O) groups is 1. The van der Waals surface area contributed by atoms with Crippen LogP contribution in [0, 0.1) is 0 Å². The van der Waals surface area contributed by atoms with Crippen molar-refractivity contribution in [1.29, 1.82) is 0 Å². The van der Waals surface area contributed by atoms with Crippen LogP contribution in [0.4, 0.5) is 0 Å². The monoisotopic (exact) mass is 304 g/mol. The van der Waals surface area contributed by atoms with Crippen LogP contribution in [0.15, 0.2) is 24.3 Å². The number of rotatable bonds is 6. The van der Waals surface area contributed by atoms with Gasteiger partial charge in [-0.3, -0.25) is 4.79 Å². The smallest absolute Gasteiger partial charge is 0.246 e. The molecule has 1 fully saturated rings. The molecule has 22 heavy (non-hydrogen) atoms. The highest BCUT2D eigenvalue weighted by Gasteiger charge is 2.21. The molecule has 1 saturated heterocycles. The highest BCUT2D eigenvalue weighted by molar-refractivity contribution is 5.92. The number of likely N-dealkylation sites (N-methyl/N-ethyl adjacent to an activating group) is 1. The second kappa shape index (κ2) is 7.84. The SMILES string of the molecule is CCOc1cc(C=CC(=O)N(C)C2CCNC2)ccc1OC. The Morgan fingerprint density at radius 2 is 2.27 bits per heavy atom. The van der Waals surface area contributed by atoms with Gasteiger partial charge in [-0.25, -0.2) is 0 Å². The highest BCUT2D eigenvalue weighted by atomic mass is 16.5. The third-order valence-electron chi connectivity index (χ3n) is 3.84. The van der Waals surface area contributed by atoms with E-state index in [1.807, 2.05) is 38.2 Å². The molecule has 0 bridgehead atoms. The minimum Gasteiger partial charge on any atom is -0.493 e. The van der Waals surface area contributed by atoms with Crippen LogP contribution in [-0.2, 0) is 4.79 Å². The first-order valence-corrected chi connectivity index (χ1v) is 7.62. The van der Waals surface area contributed by atoms with E-state index in [1.165, 1.54) is 0 Å². The Bertz CT molecular complexity index is 537. The minimum atomic E-state index is 0.0162. The molecule has 1 atom stereocenters. The van der Waals surface area contributed by atoms with Gasteiger partial charge in [0.2, 0.25) is 5.91 Å². The summed E-state index contributed by atoms with van der Waals surface area (Å²) in [5.41, 5.74) is 0.913. The zero-order chi connectivity index (χ0) is 15.9. The molecule has 0 spiro atoms. The van der Waals surface area contributed by atoms with E-state index in [1.54, 1.807) is 18.1 Å². The number of nitrogens with zero attached hydrogens (tertiary/aromatic N) is 1. The predicted octanol–water partition coefficient (Wildman–Crippen LogP) is 1.93. The predicted molar refractivity (Wildman–Crippen MR) is 87.2 cm³/mol. The molecular weight excluding hydrogens is 280 g/mol. The van der Waals surface area contributed by atoms with Crippen molar-refractivity contribution in [3.8, 4) is 11.5 Å². The lowest BCUT2D eigenvalue weighted by Crippen LogP contribution is -2.37. The first-order chi connectivity index (χ1) is 10.7. The van der Waals surface area contributed by atoms with Gasteiger partial charge in [0, 0.05) is 25.7 Å². The summed E-state index contributed by atoms with van der Waals surface area (Å²) in [7, 11) is 3.46. The lowest BCUT2D eigenvalue weighted by atomic mass is 10.1. The quantitative estimate of drug-likeness (QED) is 0.816. The molecule has 1 aliphatic rings. The Morgan fingerprint density at radius 3 is 2.91 bits per heavy atom. The first kappa shape index (κ1) is 16.4. The summed E-state index contributed by atoms with van der Waals surface area (Å²) in [6.07, 6.45) is 4.42. The Kier molecular flexibility index (Phi) is 5.83. The Hall–Kier alpha value is -2.01. The molecule has 0 radical (unpaired) electrons. The van der Waals surface area contributed by atoms with Crippen LogP contribution in [0.5, 0.6) is 11.5 Å². The van der Waals surface area contributed by atoms with E-state index in [4.69, 9.17) is 9.47 Å². The van der Waals surface area contributed by atoms with Crippen LogP contribution >= 0.6 is 0 Å². The van der Waals surface area contributed by atoms with Crippen LogP contribution in [0.1, 0.15) is 18.9 Å². The topological polar surface area (TPSA) is 50.8 Å². The van der Waals surface area contributed by atoms with Gasteiger partial charge in [-0.2, -0.15) is 0 Å². The van der Waals surface area contributed by atoms with Crippen molar-refractivity contribution >= 4 is 12.0 Å². The Labute approximate surface area is 131 Å². The Balaban J connectivity index is 2.05. The summed E-state index contributed by atoms with van der Waals surface area (Å²) >= 11 is 0. The van der Waals surface area contributed by atoms with Gasteiger partial charge < -0.3 is 19.7 Å². The van der Waals surface area contributed by atoms with Gasteiger partial charge in [-0.15, -0.1) is 0 Å². The lowest BCUT2D eigenvalue weighted by molar-refractivity contribution is -0.126. The maximum atomic E-state index is 12.2. The van der Waals surface area contributed by atoms with Crippen LogP contribution in [0.25, 0.3) is 6.08 Å². The van der Waals surface area contributed by atoms with Crippen LogP contribution in [0.2, 0.25) is 0 Å².